The third kappa shape index (κ3) is 4.84. The van der Waals surface area contributed by atoms with Crippen molar-refractivity contribution in [3.05, 3.63) is 28.8 Å². The van der Waals surface area contributed by atoms with Gasteiger partial charge in [-0.1, -0.05) is 25.4 Å². The Morgan fingerprint density at radius 2 is 1.95 bits per heavy atom. The van der Waals surface area contributed by atoms with Gasteiger partial charge in [-0.05, 0) is 18.9 Å². The van der Waals surface area contributed by atoms with Crippen molar-refractivity contribution in [2.45, 2.75) is 38.9 Å². The van der Waals surface area contributed by atoms with E-state index in [9.17, 15) is 22.4 Å². The van der Waals surface area contributed by atoms with E-state index in [2.05, 4.69) is 4.98 Å². The molecule has 0 aliphatic rings. The number of rotatable bonds is 5. The fraction of sp³-hybridized carbons (Fsp3) is 0.538. The molecule has 0 spiro atoms. The maximum absolute atomic E-state index is 13.2. The van der Waals surface area contributed by atoms with Crippen LogP contribution >= 0.6 is 11.6 Å². The number of halogens is 5. The lowest BCUT2D eigenvalue weighted by Gasteiger charge is -2.31. The van der Waals surface area contributed by atoms with Crippen LogP contribution in [0.4, 0.5) is 17.6 Å². The molecule has 0 aliphatic heterocycles. The summed E-state index contributed by atoms with van der Waals surface area (Å²) in [6.45, 7) is 1.94. The van der Waals surface area contributed by atoms with Crippen LogP contribution in [-0.2, 0) is 0 Å². The molecule has 8 heteroatoms. The molecule has 21 heavy (non-hydrogen) atoms. The monoisotopic (exact) mass is 326 g/mol. The molecule has 1 aromatic heterocycles. The number of carbonyl (C=O) groups excluding carboxylic acids is 1. The van der Waals surface area contributed by atoms with Crippen LogP contribution in [-0.4, -0.2) is 34.6 Å². The molecule has 0 N–H and O–H groups in total. The lowest BCUT2D eigenvalue weighted by molar-refractivity contribution is -0.144. The van der Waals surface area contributed by atoms with Crippen LogP contribution in [0.15, 0.2) is 12.3 Å². The summed E-state index contributed by atoms with van der Waals surface area (Å²) >= 11 is 5.69. The molecule has 0 radical (unpaired) electrons. The largest absolute Gasteiger partial charge is 0.406 e. The molecule has 0 bridgehead atoms. The molecule has 0 atom stereocenters. The first-order valence-electron chi connectivity index (χ1n) is 6.38. The van der Waals surface area contributed by atoms with Gasteiger partial charge in [-0.3, -0.25) is 4.79 Å². The molecule has 1 amide bonds. The number of hydrogen-bond donors (Lipinski definition) is 0. The van der Waals surface area contributed by atoms with Gasteiger partial charge >= 0.3 is 6.18 Å². The van der Waals surface area contributed by atoms with Crippen LogP contribution in [0.25, 0.3) is 0 Å². The van der Waals surface area contributed by atoms with E-state index in [0.29, 0.717) is 17.7 Å². The molecule has 1 aromatic rings. The van der Waals surface area contributed by atoms with Crippen molar-refractivity contribution in [3.63, 3.8) is 0 Å². The number of carbonyl (C=O) groups is 1. The van der Waals surface area contributed by atoms with E-state index >= 15 is 0 Å². The first-order chi connectivity index (χ1) is 9.69. The highest BCUT2D eigenvalue weighted by atomic mass is 35.5. The number of nitrogens with zero attached hydrogens (tertiary/aromatic N) is 2. The summed E-state index contributed by atoms with van der Waals surface area (Å²) in [6, 6.07) is 0.183. The summed E-state index contributed by atoms with van der Waals surface area (Å²) in [4.78, 5) is 16.4. The zero-order valence-electron chi connectivity index (χ0n) is 11.5. The van der Waals surface area contributed by atoms with Crippen LogP contribution < -0.4 is 0 Å². The molecule has 118 valence electrons. The van der Waals surface area contributed by atoms with Gasteiger partial charge in [0.2, 0.25) is 0 Å². The summed E-state index contributed by atoms with van der Waals surface area (Å²) in [5.41, 5.74) is -0.368. The van der Waals surface area contributed by atoms with E-state index in [-0.39, 0.29) is 10.7 Å². The third-order valence-electron chi connectivity index (χ3n) is 3.03. The topological polar surface area (TPSA) is 33.2 Å². The van der Waals surface area contributed by atoms with Gasteiger partial charge in [0.05, 0.1) is 11.8 Å². The lowest BCUT2D eigenvalue weighted by Crippen LogP contribution is -2.45. The predicted molar refractivity (Wildman–Crippen MR) is 70.7 cm³/mol. The van der Waals surface area contributed by atoms with Gasteiger partial charge in [-0.15, -0.1) is 0 Å². The zero-order chi connectivity index (χ0) is 16.2. The normalized spacial score (nSPS) is 11.8. The van der Waals surface area contributed by atoms with Crippen molar-refractivity contribution < 1.29 is 22.4 Å². The number of pyridine rings is 1. The summed E-state index contributed by atoms with van der Waals surface area (Å²) in [5.74, 6) is -1.81. The SMILES string of the molecule is CCC(CC)N(CC(F)(F)F)C(=O)c1cc(F)cnc1Cl. The van der Waals surface area contributed by atoms with Crippen LogP contribution in [0.2, 0.25) is 5.15 Å². The smallest absolute Gasteiger partial charge is 0.326 e. The van der Waals surface area contributed by atoms with E-state index in [1.54, 1.807) is 13.8 Å². The van der Waals surface area contributed by atoms with Crippen molar-refractivity contribution in [1.29, 1.82) is 0 Å². The molecule has 0 saturated heterocycles. The zero-order valence-corrected chi connectivity index (χ0v) is 12.3. The molecule has 0 saturated carbocycles. The van der Waals surface area contributed by atoms with Crippen LogP contribution in [0.5, 0.6) is 0 Å². The van der Waals surface area contributed by atoms with Gasteiger partial charge in [0, 0.05) is 6.04 Å². The second kappa shape index (κ2) is 7.06. The number of alkyl halides is 3. The van der Waals surface area contributed by atoms with E-state index in [0.717, 1.165) is 12.3 Å². The first-order valence-corrected chi connectivity index (χ1v) is 6.76. The fourth-order valence-electron chi connectivity index (χ4n) is 2.02. The van der Waals surface area contributed by atoms with E-state index in [1.807, 2.05) is 0 Å². The molecule has 3 nitrogen and oxygen atoms in total. The van der Waals surface area contributed by atoms with Crippen molar-refractivity contribution in [2.24, 2.45) is 0 Å². The minimum Gasteiger partial charge on any atom is -0.326 e. The quantitative estimate of drug-likeness (QED) is 0.603. The summed E-state index contributed by atoms with van der Waals surface area (Å²) in [5, 5.41) is -0.320. The van der Waals surface area contributed by atoms with Crippen molar-refractivity contribution >= 4 is 17.5 Å². The highest BCUT2D eigenvalue weighted by molar-refractivity contribution is 6.32. The van der Waals surface area contributed by atoms with Crippen LogP contribution in [0.3, 0.4) is 0 Å². The highest BCUT2D eigenvalue weighted by Crippen LogP contribution is 2.24. The minimum absolute atomic E-state index is 0.320. The van der Waals surface area contributed by atoms with Gasteiger partial charge in [0.25, 0.3) is 5.91 Å². The summed E-state index contributed by atoms with van der Waals surface area (Å²) in [7, 11) is 0. The molecule has 0 aliphatic carbocycles. The molecule has 0 unspecified atom stereocenters. The molecule has 0 aromatic carbocycles. The predicted octanol–water partition coefficient (Wildman–Crippen LogP) is 4.07. The number of hydrogen-bond acceptors (Lipinski definition) is 2. The summed E-state index contributed by atoms with van der Waals surface area (Å²) < 4.78 is 51.2. The average molecular weight is 327 g/mol. The fourth-order valence-corrected chi connectivity index (χ4v) is 2.20. The molecular weight excluding hydrogens is 312 g/mol. The minimum atomic E-state index is -4.55. The van der Waals surface area contributed by atoms with E-state index < -0.39 is 30.5 Å². The Hall–Kier alpha value is -1.37. The van der Waals surface area contributed by atoms with Gasteiger partial charge < -0.3 is 4.90 Å². The lowest BCUT2D eigenvalue weighted by atomic mass is 10.1. The van der Waals surface area contributed by atoms with Crippen LogP contribution in [0, 0.1) is 5.82 Å². The second-order valence-corrected chi connectivity index (χ2v) is 4.87. The maximum atomic E-state index is 13.2. The Balaban J connectivity index is 3.18. The maximum Gasteiger partial charge on any atom is 0.406 e. The molecular formula is C13H15ClF4N2O. The third-order valence-corrected chi connectivity index (χ3v) is 3.33. The van der Waals surface area contributed by atoms with Crippen molar-refractivity contribution in [1.82, 2.24) is 9.88 Å². The Bertz CT molecular complexity index is 503. The standard InChI is InChI=1S/C13H15ClF4N2O/c1-3-9(4-2)20(7-13(16,17)18)12(21)10-5-8(15)6-19-11(10)14/h5-6,9H,3-4,7H2,1-2H3. The Labute approximate surface area is 124 Å². The number of amides is 1. The average Bonchev–Trinajstić information content (AvgIpc) is 2.39. The summed E-state index contributed by atoms with van der Waals surface area (Å²) in [6.07, 6.45) is -3.06. The van der Waals surface area contributed by atoms with Gasteiger partial charge in [0.15, 0.2) is 0 Å². The van der Waals surface area contributed by atoms with Gasteiger partial charge in [-0.25, -0.2) is 9.37 Å². The van der Waals surface area contributed by atoms with E-state index in [4.69, 9.17) is 11.6 Å². The molecule has 1 heterocycles. The van der Waals surface area contributed by atoms with Gasteiger partial charge in [-0.2, -0.15) is 13.2 Å². The van der Waals surface area contributed by atoms with E-state index in [1.165, 1.54) is 0 Å². The molecule has 1 rings (SSSR count). The number of aromatic nitrogens is 1. The van der Waals surface area contributed by atoms with Crippen LogP contribution in [0.1, 0.15) is 37.0 Å². The second-order valence-electron chi connectivity index (χ2n) is 4.51. The van der Waals surface area contributed by atoms with Crippen molar-refractivity contribution in [2.75, 3.05) is 6.54 Å². The first kappa shape index (κ1) is 17.7. The Morgan fingerprint density at radius 3 is 2.43 bits per heavy atom. The Morgan fingerprint density at radius 1 is 1.38 bits per heavy atom. The van der Waals surface area contributed by atoms with Crippen molar-refractivity contribution in [3.8, 4) is 0 Å². The molecule has 0 fully saturated rings. The van der Waals surface area contributed by atoms with Gasteiger partial charge in [0.1, 0.15) is 17.5 Å². The Kier molecular flexibility index (Phi) is 5.95. The highest BCUT2D eigenvalue weighted by Gasteiger charge is 2.36.